The molecule has 2 aliphatic rings. The molecule has 0 atom stereocenters. The molecule has 1 aliphatic heterocycles. The third kappa shape index (κ3) is 4.24. The predicted molar refractivity (Wildman–Crippen MR) is 109 cm³/mol. The summed E-state index contributed by atoms with van der Waals surface area (Å²) in [6.45, 7) is 1.72. The van der Waals surface area contributed by atoms with Crippen molar-refractivity contribution in [2.45, 2.75) is 38.5 Å². The molecule has 0 amide bonds. The van der Waals surface area contributed by atoms with Crippen molar-refractivity contribution in [1.29, 1.82) is 0 Å². The molecule has 0 aromatic heterocycles. The molecule has 0 bridgehead atoms. The SMILES string of the molecule is C(=C\c1ccccc1)/C1=NCCc2cc(OCC3CCCCC3)ccc21. The summed E-state index contributed by atoms with van der Waals surface area (Å²) in [7, 11) is 0. The van der Waals surface area contributed by atoms with Gasteiger partial charge in [-0.25, -0.2) is 0 Å². The molecule has 2 aromatic carbocycles. The maximum Gasteiger partial charge on any atom is 0.119 e. The summed E-state index contributed by atoms with van der Waals surface area (Å²) in [5.41, 5.74) is 4.88. The fourth-order valence-corrected chi connectivity index (χ4v) is 3.95. The minimum absolute atomic E-state index is 0.741. The lowest BCUT2D eigenvalue weighted by Gasteiger charge is -2.22. The van der Waals surface area contributed by atoms with Gasteiger partial charge in [0.1, 0.15) is 5.75 Å². The highest BCUT2D eigenvalue weighted by atomic mass is 16.5. The minimum atomic E-state index is 0.741. The average Bonchev–Trinajstić information content (AvgIpc) is 2.72. The van der Waals surface area contributed by atoms with Crippen molar-refractivity contribution < 1.29 is 4.74 Å². The number of allylic oxidation sites excluding steroid dienone is 1. The van der Waals surface area contributed by atoms with Crippen molar-refractivity contribution in [3.63, 3.8) is 0 Å². The van der Waals surface area contributed by atoms with E-state index in [-0.39, 0.29) is 0 Å². The zero-order valence-corrected chi connectivity index (χ0v) is 15.4. The maximum atomic E-state index is 6.12. The predicted octanol–water partition coefficient (Wildman–Crippen LogP) is 5.70. The number of ether oxygens (including phenoxy) is 1. The van der Waals surface area contributed by atoms with Crippen molar-refractivity contribution >= 4 is 11.8 Å². The van der Waals surface area contributed by atoms with Gasteiger partial charge in [0, 0.05) is 12.1 Å². The van der Waals surface area contributed by atoms with Gasteiger partial charge in [0.15, 0.2) is 0 Å². The molecule has 0 N–H and O–H groups in total. The summed E-state index contributed by atoms with van der Waals surface area (Å²) >= 11 is 0. The number of hydrogen-bond donors (Lipinski definition) is 0. The second-order valence-electron chi connectivity index (χ2n) is 7.39. The van der Waals surface area contributed by atoms with E-state index < -0.39 is 0 Å². The van der Waals surface area contributed by atoms with Gasteiger partial charge in [0.2, 0.25) is 0 Å². The highest BCUT2D eigenvalue weighted by Crippen LogP contribution is 2.27. The molecular formula is C24H27NO. The second-order valence-corrected chi connectivity index (χ2v) is 7.39. The van der Waals surface area contributed by atoms with Crippen molar-refractivity contribution in [2.24, 2.45) is 10.9 Å². The van der Waals surface area contributed by atoms with Crippen molar-refractivity contribution in [1.82, 2.24) is 0 Å². The number of aliphatic imine (C=N–C) groups is 1. The summed E-state index contributed by atoms with van der Waals surface area (Å²) in [5, 5.41) is 0. The number of rotatable bonds is 5. The Hall–Kier alpha value is -2.35. The Morgan fingerprint density at radius 3 is 2.65 bits per heavy atom. The van der Waals surface area contributed by atoms with E-state index >= 15 is 0 Å². The minimum Gasteiger partial charge on any atom is -0.493 e. The molecule has 1 heterocycles. The lowest BCUT2D eigenvalue weighted by atomic mass is 9.90. The topological polar surface area (TPSA) is 21.6 Å². The van der Waals surface area contributed by atoms with E-state index in [0.29, 0.717) is 0 Å². The van der Waals surface area contributed by atoms with E-state index in [4.69, 9.17) is 9.73 Å². The number of hydrogen-bond acceptors (Lipinski definition) is 2. The third-order valence-electron chi connectivity index (χ3n) is 5.46. The van der Waals surface area contributed by atoms with Crippen LogP contribution in [0.1, 0.15) is 48.8 Å². The van der Waals surface area contributed by atoms with Crippen molar-refractivity contribution in [3.8, 4) is 5.75 Å². The van der Waals surface area contributed by atoms with Gasteiger partial charge >= 0.3 is 0 Å². The van der Waals surface area contributed by atoms with Gasteiger partial charge in [0.25, 0.3) is 0 Å². The number of benzene rings is 2. The monoisotopic (exact) mass is 345 g/mol. The number of fused-ring (bicyclic) bond motifs is 1. The van der Waals surface area contributed by atoms with Crippen molar-refractivity contribution in [2.75, 3.05) is 13.2 Å². The van der Waals surface area contributed by atoms with Crippen LogP contribution in [0.5, 0.6) is 5.75 Å². The van der Waals surface area contributed by atoms with Crippen LogP contribution < -0.4 is 4.74 Å². The second kappa shape index (κ2) is 8.35. The van der Waals surface area contributed by atoms with Crippen LogP contribution >= 0.6 is 0 Å². The Morgan fingerprint density at radius 2 is 1.81 bits per heavy atom. The maximum absolute atomic E-state index is 6.12. The standard InChI is InChI=1S/C24H27NO/c1-3-7-19(8-4-1)11-14-24-23-13-12-22(17-21(23)15-16-25-24)26-18-20-9-5-2-6-10-20/h1,3-4,7-8,11-14,17,20H,2,5-6,9-10,15-16,18H2/b14-11+. The van der Waals surface area contributed by atoms with Gasteiger partial charge in [-0.3, -0.25) is 4.99 Å². The first-order valence-corrected chi connectivity index (χ1v) is 9.92. The Bertz CT molecular complexity index is 785. The normalized spacial score (nSPS) is 17.8. The average molecular weight is 345 g/mol. The van der Waals surface area contributed by atoms with Crippen LogP contribution in [0.15, 0.2) is 59.6 Å². The third-order valence-corrected chi connectivity index (χ3v) is 5.46. The van der Waals surface area contributed by atoms with E-state index in [1.54, 1.807) is 0 Å². The Labute approximate surface area is 156 Å². The largest absolute Gasteiger partial charge is 0.493 e. The summed E-state index contributed by atoms with van der Waals surface area (Å²) in [6.07, 6.45) is 12.1. The molecule has 1 aliphatic carbocycles. The zero-order valence-electron chi connectivity index (χ0n) is 15.4. The molecule has 1 saturated carbocycles. The quantitative estimate of drug-likeness (QED) is 0.681. The van der Waals surface area contributed by atoms with Gasteiger partial charge in [-0.2, -0.15) is 0 Å². The van der Waals surface area contributed by atoms with Gasteiger partial charge in [-0.15, -0.1) is 0 Å². The summed E-state index contributed by atoms with van der Waals surface area (Å²) in [5.74, 6) is 1.76. The van der Waals surface area contributed by atoms with Crippen LogP contribution in [0.25, 0.3) is 6.08 Å². The van der Waals surface area contributed by atoms with Crippen LogP contribution in [-0.4, -0.2) is 18.9 Å². The number of nitrogens with zero attached hydrogens (tertiary/aromatic N) is 1. The van der Waals surface area contributed by atoms with Crippen LogP contribution in [0.2, 0.25) is 0 Å². The first-order valence-electron chi connectivity index (χ1n) is 9.92. The highest BCUT2D eigenvalue weighted by Gasteiger charge is 2.16. The highest BCUT2D eigenvalue weighted by molar-refractivity contribution is 6.12. The van der Waals surface area contributed by atoms with Crippen molar-refractivity contribution in [3.05, 3.63) is 71.3 Å². The van der Waals surface area contributed by atoms with Crippen LogP contribution in [0.3, 0.4) is 0 Å². The van der Waals surface area contributed by atoms with Crippen LogP contribution in [0.4, 0.5) is 0 Å². The molecule has 0 saturated heterocycles. The molecule has 0 spiro atoms. The van der Waals surface area contributed by atoms with Crippen LogP contribution in [0, 0.1) is 5.92 Å². The van der Waals surface area contributed by atoms with Gasteiger partial charge < -0.3 is 4.74 Å². The van der Waals surface area contributed by atoms with Gasteiger partial charge in [-0.05, 0) is 60.6 Å². The van der Waals surface area contributed by atoms with Gasteiger partial charge in [-0.1, -0.05) is 55.7 Å². The molecule has 4 rings (SSSR count). The molecule has 26 heavy (non-hydrogen) atoms. The Morgan fingerprint density at radius 1 is 0.962 bits per heavy atom. The van der Waals surface area contributed by atoms with E-state index in [0.717, 1.165) is 37.0 Å². The lowest BCUT2D eigenvalue weighted by molar-refractivity contribution is 0.208. The summed E-state index contributed by atoms with van der Waals surface area (Å²) in [4.78, 5) is 4.72. The molecule has 134 valence electrons. The van der Waals surface area contributed by atoms with Gasteiger partial charge in [0.05, 0.1) is 12.3 Å². The van der Waals surface area contributed by atoms with E-state index in [1.165, 1.54) is 48.8 Å². The van der Waals surface area contributed by atoms with E-state index in [1.807, 2.05) is 6.07 Å². The molecule has 1 fully saturated rings. The first kappa shape index (κ1) is 17.1. The Balaban J connectivity index is 1.44. The molecule has 0 unspecified atom stereocenters. The molecule has 2 aromatic rings. The molecule has 0 radical (unpaired) electrons. The molecular weight excluding hydrogens is 318 g/mol. The smallest absolute Gasteiger partial charge is 0.119 e. The van der Waals surface area contributed by atoms with Crippen LogP contribution in [-0.2, 0) is 6.42 Å². The zero-order chi connectivity index (χ0) is 17.6. The lowest BCUT2D eigenvalue weighted by Crippen LogP contribution is -2.16. The summed E-state index contributed by atoms with van der Waals surface area (Å²) < 4.78 is 6.12. The fraction of sp³-hybridized carbons (Fsp3) is 0.375. The molecule has 2 nitrogen and oxygen atoms in total. The van der Waals surface area contributed by atoms with E-state index in [2.05, 4.69) is 54.6 Å². The van der Waals surface area contributed by atoms with E-state index in [9.17, 15) is 0 Å². The molecule has 2 heteroatoms. The fourth-order valence-electron chi connectivity index (χ4n) is 3.95. The first-order chi connectivity index (χ1) is 12.9. The Kier molecular flexibility index (Phi) is 5.49. The summed E-state index contributed by atoms with van der Waals surface area (Å²) in [6, 6.07) is 16.9.